The van der Waals surface area contributed by atoms with Crippen molar-refractivity contribution in [1.29, 1.82) is 0 Å². The SMILES string of the molecule is Clc1ccc(-c2nc3nc4ccccc4nc3n2C[C@@H]2CCCO2)cc1. The summed E-state index contributed by atoms with van der Waals surface area (Å²) in [5.41, 5.74) is 4.17. The van der Waals surface area contributed by atoms with Crippen molar-refractivity contribution in [3.8, 4) is 11.4 Å². The summed E-state index contributed by atoms with van der Waals surface area (Å²) in [6.45, 7) is 1.55. The lowest BCUT2D eigenvalue weighted by molar-refractivity contribution is 0.0981. The Kier molecular flexibility index (Phi) is 3.84. The fourth-order valence-corrected chi connectivity index (χ4v) is 3.61. The smallest absolute Gasteiger partial charge is 0.198 e. The van der Waals surface area contributed by atoms with E-state index in [1.54, 1.807) is 0 Å². The first kappa shape index (κ1) is 15.7. The lowest BCUT2D eigenvalue weighted by atomic mass is 10.2. The summed E-state index contributed by atoms with van der Waals surface area (Å²) < 4.78 is 7.99. The number of aromatic nitrogens is 4. The zero-order valence-corrected chi connectivity index (χ0v) is 14.9. The van der Waals surface area contributed by atoms with Gasteiger partial charge < -0.3 is 9.30 Å². The van der Waals surface area contributed by atoms with Crippen LogP contribution in [0.2, 0.25) is 5.02 Å². The van der Waals surface area contributed by atoms with Gasteiger partial charge in [-0.1, -0.05) is 23.7 Å². The Hall–Kier alpha value is -2.50. The zero-order valence-electron chi connectivity index (χ0n) is 14.1. The highest BCUT2D eigenvalue weighted by atomic mass is 35.5. The van der Waals surface area contributed by atoms with Crippen LogP contribution in [-0.2, 0) is 11.3 Å². The van der Waals surface area contributed by atoms with Crippen molar-refractivity contribution >= 4 is 33.9 Å². The minimum atomic E-state index is 0.187. The Morgan fingerprint density at radius 2 is 1.77 bits per heavy atom. The molecule has 5 nitrogen and oxygen atoms in total. The van der Waals surface area contributed by atoms with Gasteiger partial charge >= 0.3 is 0 Å². The van der Waals surface area contributed by atoms with Gasteiger partial charge in [0.05, 0.1) is 23.7 Å². The van der Waals surface area contributed by atoms with Gasteiger partial charge in [-0.15, -0.1) is 0 Å². The van der Waals surface area contributed by atoms with Gasteiger partial charge in [0.2, 0.25) is 0 Å². The number of para-hydroxylation sites is 2. The van der Waals surface area contributed by atoms with Gasteiger partial charge in [0.15, 0.2) is 11.3 Å². The summed E-state index contributed by atoms with van der Waals surface area (Å²) in [4.78, 5) is 14.4. The summed E-state index contributed by atoms with van der Waals surface area (Å²) in [5, 5.41) is 0.706. The molecule has 26 heavy (non-hydrogen) atoms. The molecule has 0 bridgehead atoms. The molecule has 0 unspecified atom stereocenters. The molecule has 0 saturated carbocycles. The van der Waals surface area contributed by atoms with Crippen LogP contribution in [0.5, 0.6) is 0 Å². The van der Waals surface area contributed by atoms with E-state index >= 15 is 0 Å². The summed E-state index contributed by atoms with van der Waals surface area (Å²) in [5.74, 6) is 0.850. The van der Waals surface area contributed by atoms with E-state index in [0.29, 0.717) is 10.7 Å². The molecular weight excluding hydrogens is 348 g/mol. The number of nitrogens with zero attached hydrogens (tertiary/aromatic N) is 4. The summed E-state index contributed by atoms with van der Waals surface area (Å²) >= 11 is 6.05. The molecule has 0 amide bonds. The molecule has 0 spiro atoms. The van der Waals surface area contributed by atoms with Crippen molar-refractivity contribution in [2.45, 2.75) is 25.5 Å². The van der Waals surface area contributed by atoms with Crippen molar-refractivity contribution in [1.82, 2.24) is 19.5 Å². The number of benzene rings is 2. The third-order valence-corrected chi connectivity index (χ3v) is 5.02. The molecule has 1 aliphatic heterocycles. The number of hydrogen-bond donors (Lipinski definition) is 0. The molecule has 130 valence electrons. The number of halogens is 1. The van der Waals surface area contributed by atoms with E-state index in [2.05, 4.69) is 4.57 Å². The lowest BCUT2D eigenvalue weighted by Crippen LogP contribution is -2.16. The first-order valence-electron chi connectivity index (χ1n) is 8.78. The van der Waals surface area contributed by atoms with Crippen LogP contribution < -0.4 is 0 Å². The highest BCUT2D eigenvalue weighted by molar-refractivity contribution is 6.30. The van der Waals surface area contributed by atoms with Crippen LogP contribution in [0.1, 0.15) is 12.8 Å². The number of rotatable bonds is 3. The monoisotopic (exact) mass is 364 g/mol. The van der Waals surface area contributed by atoms with E-state index in [0.717, 1.165) is 54.1 Å². The van der Waals surface area contributed by atoms with E-state index in [1.807, 2.05) is 48.5 Å². The average Bonchev–Trinajstić information content (AvgIpc) is 3.29. The van der Waals surface area contributed by atoms with E-state index in [4.69, 9.17) is 31.3 Å². The molecule has 0 radical (unpaired) electrons. The molecule has 1 atom stereocenters. The highest BCUT2D eigenvalue weighted by Crippen LogP contribution is 2.27. The Morgan fingerprint density at radius 3 is 2.50 bits per heavy atom. The molecule has 3 heterocycles. The number of ether oxygens (including phenoxy) is 1. The second-order valence-electron chi connectivity index (χ2n) is 6.55. The first-order chi connectivity index (χ1) is 12.8. The molecule has 1 fully saturated rings. The molecule has 0 N–H and O–H groups in total. The Bertz CT molecular complexity index is 1080. The molecule has 0 aliphatic carbocycles. The van der Waals surface area contributed by atoms with Crippen LogP contribution in [0.15, 0.2) is 48.5 Å². The maximum atomic E-state index is 6.05. The normalized spacial score (nSPS) is 17.3. The van der Waals surface area contributed by atoms with Crippen molar-refractivity contribution in [2.24, 2.45) is 0 Å². The summed E-state index contributed by atoms with van der Waals surface area (Å²) in [6, 6.07) is 15.6. The Balaban J connectivity index is 1.72. The standard InChI is InChI=1S/C20H17ClN4O/c21-14-9-7-13(8-10-14)19-24-18-20(25(19)12-15-4-3-11-26-15)23-17-6-2-1-5-16(17)22-18/h1-2,5-10,15H,3-4,11-12H2/t15-/m0/s1. The molecule has 2 aromatic carbocycles. The summed E-state index contributed by atoms with van der Waals surface area (Å²) in [7, 11) is 0. The predicted molar refractivity (Wildman–Crippen MR) is 102 cm³/mol. The topological polar surface area (TPSA) is 52.8 Å². The van der Waals surface area contributed by atoms with Crippen LogP contribution in [0.25, 0.3) is 33.7 Å². The van der Waals surface area contributed by atoms with E-state index < -0.39 is 0 Å². The van der Waals surface area contributed by atoms with Crippen molar-refractivity contribution in [3.63, 3.8) is 0 Å². The van der Waals surface area contributed by atoms with Crippen LogP contribution in [0.3, 0.4) is 0 Å². The van der Waals surface area contributed by atoms with E-state index in [1.165, 1.54) is 0 Å². The Morgan fingerprint density at radius 1 is 1.00 bits per heavy atom. The third kappa shape index (κ3) is 2.73. The maximum absolute atomic E-state index is 6.05. The van der Waals surface area contributed by atoms with Crippen LogP contribution in [0, 0.1) is 0 Å². The van der Waals surface area contributed by atoms with Gasteiger partial charge in [0.1, 0.15) is 5.82 Å². The van der Waals surface area contributed by atoms with Gasteiger partial charge in [-0.25, -0.2) is 15.0 Å². The van der Waals surface area contributed by atoms with Crippen molar-refractivity contribution < 1.29 is 4.74 Å². The minimum Gasteiger partial charge on any atom is -0.376 e. The predicted octanol–water partition coefficient (Wildman–Crippen LogP) is 4.48. The maximum Gasteiger partial charge on any atom is 0.198 e. The number of fused-ring (bicyclic) bond motifs is 2. The van der Waals surface area contributed by atoms with Crippen LogP contribution in [0.4, 0.5) is 0 Å². The molecule has 5 rings (SSSR count). The quantitative estimate of drug-likeness (QED) is 0.538. The second-order valence-corrected chi connectivity index (χ2v) is 6.98. The lowest BCUT2D eigenvalue weighted by Gasteiger charge is -2.13. The zero-order chi connectivity index (χ0) is 17.5. The van der Waals surface area contributed by atoms with Crippen LogP contribution in [-0.4, -0.2) is 32.2 Å². The Labute approximate surface area is 155 Å². The minimum absolute atomic E-state index is 0.187. The van der Waals surface area contributed by atoms with Gasteiger partial charge in [-0.2, -0.15) is 0 Å². The van der Waals surface area contributed by atoms with E-state index in [9.17, 15) is 0 Å². The van der Waals surface area contributed by atoms with Gasteiger partial charge in [0.25, 0.3) is 0 Å². The van der Waals surface area contributed by atoms with Gasteiger partial charge in [0, 0.05) is 17.2 Å². The highest BCUT2D eigenvalue weighted by Gasteiger charge is 2.22. The van der Waals surface area contributed by atoms with E-state index in [-0.39, 0.29) is 6.10 Å². The molecule has 1 saturated heterocycles. The van der Waals surface area contributed by atoms with Gasteiger partial charge in [-0.05, 0) is 49.2 Å². The number of hydrogen-bond acceptors (Lipinski definition) is 4. The van der Waals surface area contributed by atoms with Crippen molar-refractivity contribution in [2.75, 3.05) is 6.61 Å². The largest absolute Gasteiger partial charge is 0.376 e. The first-order valence-corrected chi connectivity index (χ1v) is 9.16. The molecule has 4 aromatic rings. The third-order valence-electron chi connectivity index (χ3n) is 4.77. The molecule has 6 heteroatoms. The average molecular weight is 365 g/mol. The second kappa shape index (κ2) is 6.34. The molecule has 1 aliphatic rings. The fourth-order valence-electron chi connectivity index (χ4n) is 3.48. The van der Waals surface area contributed by atoms with Gasteiger partial charge in [-0.3, -0.25) is 0 Å². The molecule has 2 aromatic heterocycles. The summed E-state index contributed by atoms with van der Waals surface area (Å²) in [6.07, 6.45) is 2.34. The van der Waals surface area contributed by atoms with Crippen molar-refractivity contribution in [3.05, 3.63) is 53.6 Å². The number of imidazole rings is 1. The molecular formula is C20H17ClN4O. The van der Waals surface area contributed by atoms with Crippen LogP contribution >= 0.6 is 11.6 Å². The fraction of sp³-hybridized carbons (Fsp3) is 0.250.